The lowest BCUT2D eigenvalue weighted by Gasteiger charge is -2.23. The molecule has 2 heterocycles. The predicted octanol–water partition coefficient (Wildman–Crippen LogP) is 3.27. The van der Waals surface area contributed by atoms with Crippen LogP contribution in [0.3, 0.4) is 0 Å². The molecule has 0 aromatic carbocycles. The Labute approximate surface area is 119 Å². The summed E-state index contributed by atoms with van der Waals surface area (Å²) in [6.45, 7) is 5.49. The van der Waals surface area contributed by atoms with Gasteiger partial charge in [-0.25, -0.2) is 0 Å². The molecule has 102 valence electrons. The summed E-state index contributed by atoms with van der Waals surface area (Å²) in [5, 5.41) is 4.45. The van der Waals surface area contributed by atoms with E-state index in [1.54, 1.807) is 0 Å². The zero-order valence-corrected chi connectivity index (χ0v) is 12.5. The van der Waals surface area contributed by atoms with Crippen LogP contribution in [0.25, 0.3) is 0 Å². The molecule has 1 saturated heterocycles. The first kappa shape index (κ1) is 13.0. The summed E-state index contributed by atoms with van der Waals surface area (Å²) >= 11 is 1.83. The van der Waals surface area contributed by atoms with Crippen molar-refractivity contribution in [1.29, 1.82) is 0 Å². The first-order valence-corrected chi connectivity index (χ1v) is 8.16. The standard InChI is InChI=1S/C15H21N3S/c1-10(2)12-8-11-4-3-5-13(14(11)17-9-12)18-15-16-6-7-19-15/h8-10,13H,3-7H2,1-2H3,(H,16,18). The summed E-state index contributed by atoms with van der Waals surface area (Å²) in [4.78, 5) is 9.58. The molecule has 1 N–H and O–H groups in total. The Morgan fingerprint density at radius 1 is 1.47 bits per heavy atom. The highest BCUT2D eigenvalue weighted by atomic mass is 32.2. The lowest BCUT2D eigenvalue weighted by Crippen LogP contribution is -2.17. The number of thioether (sulfide) groups is 1. The van der Waals surface area contributed by atoms with E-state index in [-0.39, 0.29) is 6.04 Å². The molecule has 4 heteroatoms. The van der Waals surface area contributed by atoms with Gasteiger partial charge in [-0.05, 0) is 36.3 Å². The molecule has 0 bridgehead atoms. The van der Waals surface area contributed by atoms with Gasteiger partial charge in [0.05, 0.1) is 11.7 Å². The zero-order valence-electron chi connectivity index (χ0n) is 11.6. The van der Waals surface area contributed by atoms with Gasteiger partial charge in [0.2, 0.25) is 0 Å². The number of fused-ring (bicyclic) bond motifs is 1. The van der Waals surface area contributed by atoms with E-state index in [0.717, 1.165) is 30.3 Å². The minimum atomic E-state index is 0.262. The molecule has 3 nitrogen and oxygen atoms in total. The number of aliphatic imine (C=N–C) groups is 1. The van der Waals surface area contributed by atoms with E-state index in [9.17, 15) is 0 Å². The second kappa shape index (κ2) is 5.53. The fourth-order valence-electron chi connectivity index (χ4n) is 2.68. The van der Waals surface area contributed by atoms with Gasteiger partial charge in [-0.2, -0.15) is 0 Å². The molecule has 0 radical (unpaired) electrons. The van der Waals surface area contributed by atoms with Gasteiger partial charge in [0.1, 0.15) is 0 Å². The third-order valence-corrected chi connectivity index (χ3v) is 4.75. The Balaban J connectivity index is 1.89. The second-order valence-corrected chi connectivity index (χ2v) is 6.67. The van der Waals surface area contributed by atoms with Gasteiger partial charge in [0.25, 0.3) is 0 Å². The highest BCUT2D eigenvalue weighted by molar-refractivity contribution is 8.14. The van der Waals surface area contributed by atoms with Gasteiger partial charge >= 0.3 is 0 Å². The number of nitrogens with one attached hydrogen (secondary N) is 1. The topological polar surface area (TPSA) is 37.3 Å². The highest BCUT2D eigenvalue weighted by Gasteiger charge is 2.23. The van der Waals surface area contributed by atoms with Crippen LogP contribution in [-0.2, 0) is 6.42 Å². The lowest BCUT2D eigenvalue weighted by molar-refractivity contribution is 0.554. The molecule has 1 unspecified atom stereocenters. The van der Waals surface area contributed by atoms with E-state index in [1.165, 1.54) is 23.2 Å². The molecule has 0 amide bonds. The van der Waals surface area contributed by atoms with Crippen molar-refractivity contribution in [3.05, 3.63) is 29.1 Å². The van der Waals surface area contributed by atoms with E-state index in [0.29, 0.717) is 5.92 Å². The van der Waals surface area contributed by atoms with Gasteiger partial charge in [-0.1, -0.05) is 31.7 Å². The van der Waals surface area contributed by atoms with Gasteiger partial charge in [0, 0.05) is 18.5 Å². The quantitative estimate of drug-likeness (QED) is 0.900. The molecule has 1 aliphatic heterocycles. The summed E-state index contributed by atoms with van der Waals surface area (Å²) < 4.78 is 0. The summed E-state index contributed by atoms with van der Waals surface area (Å²) in [7, 11) is 0. The van der Waals surface area contributed by atoms with Crippen molar-refractivity contribution >= 4 is 16.9 Å². The molecule has 0 spiro atoms. The van der Waals surface area contributed by atoms with Crippen LogP contribution < -0.4 is 5.32 Å². The molecule has 1 aromatic rings. The monoisotopic (exact) mass is 275 g/mol. The van der Waals surface area contributed by atoms with Gasteiger partial charge < -0.3 is 5.32 Å². The van der Waals surface area contributed by atoms with Crippen molar-refractivity contribution in [2.45, 2.75) is 45.1 Å². The first-order chi connectivity index (χ1) is 9.24. The highest BCUT2D eigenvalue weighted by Crippen LogP contribution is 2.33. The fourth-order valence-corrected chi connectivity index (χ4v) is 3.49. The summed E-state index contributed by atoms with van der Waals surface area (Å²) in [6.07, 6.45) is 5.55. The van der Waals surface area contributed by atoms with Crippen LogP contribution in [0.5, 0.6) is 0 Å². The van der Waals surface area contributed by atoms with Crippen LogP contribution >= 0.6 is 11.8 Å². The number of amidine groups is 1. The van der Waals surface area contributed by atoms with Gasteiger partial charge in [-0.3, -0.25) is 9.98 Å². The first-order valence-electron chi connectivity index (χ1n) is 7.17. The number of pyridine rings is 1. The normalized spacial score (nSPS) is 24.6. The molecule has 3 rings (SSSR count). The number of aromatic nitrogens is 1. The van der Waals surface area contributed by atoms with E-state index in [2.05, 4.69) is 25.2 Å². The molecule has 1 aromatic heterocycles. The average Bonchev–Trinajstić information content (AvgIpc) is 2.91. The van der Waals surface area contributed by atoms with Crippen molar-refractivity contribution in [2.24, 2.45) is 4.99 Å². The largest absolute Gasteiger partial charge is 0.364 e. The Kier molecular flexibility index (Phi) is 3.78. The van der Waals surface area contributed by atoms with Crippen molar-refractivity contribution in [3.63, 3.8) is 0 Å². The lowest BCUT2D eigenvalue weighted by atomic mass is 9.90. The maximum atomic E-state index is 4.86. The Bertz CT molecular complexity index is 488. The van der Waals surface area contributed by atoms with Crippen LogP contribution in [0.1, 0.15) is 55.5 Å². The van der Waals surface area contributed by atoms with E-state index in [1.807, 2.05) is 18.0 Å². The minimum Gasteiger partial charge on any atom is -0.364 e. The van der Waals surface area contributed by atoms with Crippen LogP contribution in [0, 0.1) is 0 Å². The third-order valence-electron chi connectivity index (χ3n) is 3.82. The molecule has 2 aliphatic rings. The third kappa shape index (κ3) is 2.78. The smallest absolute Gasteiger partial charge is 0.157 e. The van der Waals surface area contributed by atoms with Crippen molar-refractivity contribution in [2.75, 3.05) is 12.3 Å². The Morgan fingerprint density at radius 2 is 2.37 bits per heavy atom. The summed E-state index contributed by atoms with van der Waals surface area (Å²) in [6, 6.07) is 2.60. The summed E-state index contributed by atoms with van der Waals surface area (Å²) in [5.41, 5.74) is 3.97. The Hall–Kier alpha value is -1.03. The van der Waals surface area contributed by atoms with Gasteiger partial charge in [0.15, 0.2) is 5.17 Å². The maximum Gasteiger partial charge on any atom is 0.157 e. The molecule has 19 heavy (non-hydrogen) atoms. The van der Waals surface area contributed by atoms with Crippen LogP contribution in [0.2, 0.25) is 0 Å². The SMILES string of the molecule is CC(C)c1cnc2c(c1)CCCC2/N=C1/NCCS1. The zero-order chi connectivity index (χ0) is 13.2. The molecule has 1 fully saturated rings. The summed E-state index contributed by atoms with van der Waals surface area (Å²) in [5.74, 6) is 1.69. The Morgan fingerprint density at radius 3 is 3.11 bits per heavy atom. The average molecular weight is 275 g/mol. The molecule has 0 saturated carbocycles. The van der Waals surface area contributed by atoms with Gasteiger partial charge in [-0.15, -0.1) is 0 Å². The fraction of sp³-hybridized carbons (Fsp3) is 0.600. The van der Waals surface area contributed by atoms with Crippen LogP contribution in [-0.4, -0.2) is 22.4 Å². The van der Waals surface area contributed by atoms with Crippen molar-refractivity contribution < 1.29 is 0 Å². The molecular weight excluding hydrogens is 254 g/mol. The number of nitrogens with zero attached hydrogens (tertiary/aromatic N) is 2. The van der Waals surface area contributed by atoms with E-state index in [4.69, 9.17) is 9.98 Å². The van der Waals surface area contributed by atoms with E-state index < -0.39 is 0 Å². The molecule has 1 atom stereocenters. The van der Waals surface area contributed by atoms with Crippen LogP contribution in [0.15, 0.2) is 17.3 Å². The predicted molar refractivity (Wildman–Crippen MR) is 81.9 cm³/mol. The maximum absolute atomic E-state index is 4.86. The van der Waals surface area contributed by atoms with E-state index >= 15 is 0 Å². The minimum absolute atomic E-state index is 0.262. The molecular formula is C15H21N3S. The number of hydrogen-bond acceptors (Lipinski definition) is 3. The van der Waals surface area contributed by atoms with Crippen molar-refractivity contribution in [1.82, 2.24) is 10.3 Å². The second-order valence-electron chi connectivity index (χ2n) is 5.59. The number of aryl methyl sites for hydroxylation is 1. The van der Waals surface area contributed by atoms with Crippen molar-refractivity contribution in [3.8, 4) is 0 Å². The number of hydrogen-bond donors (Lipinski definition) is 1. The van der Waals surface area contributed by atoms with Crippen LogP contribution in [0.4, 0.5) is 0 Å². The molecule has 1 aliphatic carbocycles. The number of rotatable bonds is 2.